The van der Waals surface area contributed by atoms with Gasteiger partial charge >= 0.3 is 0 Å². The van der Waals surface area contributed by atoms with Crippen LogP contribution in [0.1, 0.15) is 13.8 Å². The SMILES string of the molecule is CN(CCN1CCOCC1)C(C)(C)CO. The van der Waals surface area contributed by atoms with Gasteiger partial charge in [0.2, 0.25) is 0 Å². The van der Waals surface area contributed by atoms with Crippen molar-refractivity contribution in [2.75, 3.05) is 53.0 Å². The van der Waals surface area contributed by atoms with E-state index in [2.05, 4.69) is 30.7 Å². The highest BCUT2D eigenvalue weighted by Crippen LogP contribution is 2.10. The van der Waals surface area contributed by atoms with Crippen LogP contribution >= 0.6 is 0 Å². The molecule has 1 aliphatic rings. The molecule has 4 nitrogen and oxygen atoms in total. The fourth-order valence-electron chi connectivity index (χ4n) is 1.54. The summed E-state index contributed by atoms with van der Waals surface area (Å²) in [6, 6.07) is 0. The zero-order chi connectivity index (χ0) is 11.3. The van der Waals surface area contributed by atoms with Gasteiger partial charge in [0.05, 0.1) is 19.8 Å². The Morgan fingerprint density at radius 1 is 1.33 bits per heavy atom. The molecule has 0 unspecified atom stereocenters. The van der Waals surface area contributed by atoms with Crippen LogP contribution in [0.3, 0.4) is 0 Å². The Labute approximate surface area is 92.8 Å². The molecule has 0 spiro atoms. The number of aliphatic hydroxyl groups is 1. The number of likely N-dealkylation sites (N-methyl/N-ethyl adjacent to an activating group) is 1. The molecule has 90 valence electrons. The summed E-state index contributed by atoms with van der Waals surface area (Å²) in [5, 5.41) is 9.23. The van der Waals surface area contributed by atoms with Crippen molar-refractivity contribution >= 4 is 0 Å². The van der Waals surface area contributed by atoms with Crippen molar-refractivity contribution < 1.29 is 9.84 Å². The second-order valence-corrected chi connectivity index (χ2v) is 4.85. The maximum absolute atomic E-state index is 9.23. The lowest BCUT2D eigenvalue weighted by Crippen LogP contribution is -2.48. The van der Waals surface area contributed by atoms with Gasteiger partial charge in [0.15, 0.2) is 0 Å². The van der Waals surface area contributed by atoms with Crippen molar-refractivity contribution in [3.8, 4) is 0 Å². The van der Waals surface area contributed by atoms with Crippen molar-refractivity contribution in [1.82, 2.24) is 9.80 Å². The second-order valence-electron chi connectivity index (χ2n) is 4.85. The van der Waals surface area contributed by atoms with Crippen LogP contribution in [0.15, 0.2) is 0 Å². The molecule has 0 aromatic rings. The largest absolute Gasteiger partial charge is 0.394 e. The fourth-order valence-corrected chi connectivity index (χ4v) is 1.54. The molecule has 0 aromatic heterocycles. The van der Waals surface area contributed by atoms with Crippen molar-refractivity contribution in [3.63, 3.8) is 0 Å². The smallest absolute Gasteiger partial charge is 0.0609 e. The molecule has 15 heavy (non-hydrogen) atoms. The summed E-state index contributed by atoms with van der Waals surface area (Å²) in [6.45, 7) is 10.2. The molecule has 1 rings (SSSR count). The average molecular weight is 216 g/mol. The molecule has 0 atom stereocenters. The Hall–Kier alpha value is -0.160. The monoisotopic (exact) mass is 216 g/mol. The molecule has 0 amide bonds. The van der Waals surface area contributed by atoms with Gasteiger partial charge in [0, 0.05) is 31.7 Å². The van der Waals surface area contributed by atoms with E-state index in [-0.39, 0.29) is 12.1 Å². The lowest BCUT2D eigenvalue weighted by molar-refractivity contribution is 0.0223. The Kier molecular flexibility index (Phi) is 4.99. The van der Waals surface area contributed by atoms with E-state index >= 15 is 0 Å². The van der Waals surface area contributed by atoms with E-state index in [9.17, 15) is 5.11 Å². The minimum Gasteiger partial charge on any atom is -0.394 e. The van der Waals surface area contributed by atoms with Crippen LogP contribution in [0.25, 0.3) is 0 Å². The standard InChI is InChI=1S/C11H24N2O2/c1-11(2,10-14)12(3)4-5-13-6-8-15-9-7-13/h14H,4-10H2,1-3H3. The van der Waals surface area contributed by atoms with Crippen molar-refractivity contribution in [2.24, 2.45) is 0 Å². The molecular weight excluding hydrogens is 192 g/mol. The minimum atomic E-state index is -0.119. The maximum atomic E-state index is 9.23. The van der Waals surface area contributed by atoms with Crippen LogP contribution in [0.2, 0.25) is 0 Å². The molecule has 0 aromatic carbocycles. The highest BCUT2D eigenvalue weighted by Gasteiger charge is 2.22. The zero-order valence-electron chi connectivity index (χ0n) is 10.2. The molecule has 1 fully saturated rings. The number of rotatable bonds is 5. The van der Waals surface area contributed by atoms with Gasteiger partial charge in [-0.1, -0.05) is 0 Å². The van der Waals surface area contributed by atoms with Crippen molar-refractivity contribution in [2.45, 2.75) is 19.4 Å². The Morgan fingerprint density at radius 2 is 1.93 bits per heavy atom. The van der Waals surface area contributed by atoms with Gasteiger partial charge in [-0.25, -0.2) is 0 Å². The summed E-state index contributed by atoms with van der Waals surface area (Å²) in [6.07, 6.45) is 0. The maximum Gasteiger partial charge on any atom is 0.0609 e. The van der Waals surface area contributed by atoms with Crippen LogP contribution in [0, 0.1) is 0 Å². The molecule has 1 saturated heterocycles. The highest BCUT2D eigenvalue weighted by atomic mass is 16.5. The van der Waals surface area contributed by atoms with Crippen LogP contribution in [-0.2, 0) is 4.74 Å². The first-order valence-corrected chi connectivity index (χ1v) is 5.68. The van der Waals surface area contributed by atoms with Crippen molar-refractivity contribution in [1.29, 1.82) is 0 Å². The van der Waals surface area contributed by atoms with Crippen molar-refractivity contribution in [3.05, 3.63) is 0 Å². The van der Waals surface area contributed by atoms with Crippen LogP contribution < -0.4 is 0 Å². The third-order valence-corrected chi connectivity index (χ3v) is 3.28. The van der Waals surface area contributed by atoms with Gasteiger partial charge in [0.25, 0.3) is 0 Å². The predicted molar refractivity (Wildman–Crippen MR) is 61.1 cm³/mol. The second kappa shape index (κ2) is 5.80. The Morgan fingerprint density at radius 3 is 2.47 bits per heavy atom. The Bertz CT molecular complexity index is 179. The molecular formula is C11H24N2O2. The average Bonchev–Trinajstić information content (AvgIpc) is 2.27. The molecule has 4 heteroatoms. The first kappa shape index (κ1) is 12.9. The zero-order valence-corrected chi connectivity index (χ0v) is 10.2. The summed E-state index contributed by atoms with van der Waals surface area (Å²) >= 11 is 0. The number of nitrogens with zero attached hydrogens (tertiary/aromatic N) is 2. The third kappa shape index (κ3) is 4.07. The number of ether oxygens (including phenoxy) is 1. The quantitative estimate of drug-likeness (QED) is 0.703. The first-order chi connectivity index (χ1) is 7.06. The van der Waals surface area contributed by atoms with Crippen LogP contribution in [-0.4, -0.2) is 73.5 Å². The number of hydrogen-bond donors (Lipinski definition) is 1. The molecule has 1 heterocycles. The van der Waals surface area contributed by atoms with Gasteiger partial charge in [-0.2, -0.15) is 0 Å². The summed E-state index contributed by atoms with van der Waals surface area (Å²) in [5.41, 5.74) is -0.119. The van der Waals surface area contributed by atoms with Crippen LogP contribution in [0.4, 0.5) is 0 Å². The van der Waals surface area contributed by atoms with E-state index in [0.717, 1.165) is 39.4 Å². The fraction of sp³-hybridized carbons (Fsp3) is 1.00. The van der Waals surface area contributed by atoms with Gasteiger partial charge in [-0.05, 0) is 20.9 Å². The van der Waals surface area contributed by atoms with E-state index in [4.69, 9.17) is 4.74 Å². The predicted octanol–water partition coefficient (Wildman–Crippen LogP) is 0.0213. The number of morpholine rings is 1. The summed E-state index contributed by atoms with van der Waals surface area (Å²) in [5.74, 6) is 0. The van der Waals surface area contributed by atoms with E-state index < -0.39 is 0 Å². The van der Waals surface area contributed by atoms with Gasteiger partial charge in [-0.15, -0.1) is 0 Å². The van der Waals surface area contributed by atoms with E-state index in [0.29, 0.717) is 0 Å². The lowest BCUT2D eigenvalue weighted by atomic mass is 10.1. The van der Waals surface area contributed by atoms with Gasteiger partial charge < -0.3 is 9.84 Å². The summed E-state index contributed by atoms with van der Waals surface area (Å²) < 4.78 is 5.30. The van der Waals surface area contributed by atoms with Crippen LogP contribution in [0.5, 0.6) is 0 Å². The third-order valence-electron chi connectivity index (χ3n) is 3.28. The topological polar surface area (TPSA) is 35.9 Å². The Balaban J connectivity index is 2.23. The van der Waals surface area contributed by atoms with Gasteiger partial charge in [-0.3, -0.25) is 9.80 Å². The van der Waals surface area contributed by atoms with E-state index in [1.165, 1.54) is 0 Å². The first-order valence-electron chi connectivity index (χ1n) is 5.68. The highest BCUT2D eigenvalue weighted by molar-refractivity contribution is 4.78. The molecule has 0 bridgehead atoms. The van der Waals surface area contributed by atoms with Gasteiger partial charge in [0.1, 0.15) is 0 Å². The summed E-state index contributed by atoms with van der Waals surface area (Å²) in [7, 11) is 2.07. The number of aliphatic hydroxyl groups excluding tert-OH is 1. The lowest BCUT2D eigenvalue weighted by Gasteiger charge is -2.36. The molecule has 0 aliphatic carbocycles. The molecule has 1 N–H and O–H groups in total. The van der Waals surface area contributed by atoms with E-state index in [1.54, 1.807) is 0 Å². The van der Waals surface area contributed by atoms with E-state index in [1.807, 2.05) is 0 Å². The minimum absolute atomic E-state index is 0.119. The number of hydrogen-bond acceptors (Lipinski definition) is 4. The normalized spacial score (nSPS) is 19.8. The molecule has 0 saturated carbocycles. The molecule has 1 aliphatic heterocycles. The molecule has 0 radical (unpaired) electrons. The summed E-state index contributed by atoms with van der Waals surface area (Å²) in [4.78, 5) is 4.62.